The average molecular weight is 239 g/mol. The molecule has 1 rings (SSSR count). The van der Waals surface area contributed by atoms with Crippen molar-refractivity contribution in [2.75, 3.05) is 18.6 Å². The van der Waals surface area contributed by atoms with Crippen molar-refractivity contribution in [3.05, 3.63) is 35.4 Å². The van der Waals surface area contributed by atoms with Crippen molar-refractivity contribution in [3.63, 3.8) is 0 Å². The number of aliphatic hydroxyl groups excluding tert-OH is 1. The Balaban J connectivity index is 2.26. The van der Waals surface area contributed by atoms with Gasteiger partial charge in [0, 0.05) is 6.54 Å². The van der Waals surface area contributed by atoms with Gasteiger partial charge < -0.3 is 10.4 Å². The molecule has 90 valence electrons. The number of hydrogen-bond acceptors (Lipinski definition) is 3. The monoisotopic (exact) mass is 239 g/mol. The van der Waals surface area contributed by atoms with Crippen molar-refractivity contribution in [3.8, 4) is 0 Å². The van der Waals surface area contributed by atoms with E-state index in [1.54, 1.807) is 0 Å². The maximum absolute atomic E-state index is 8.92. The van der Waals surface area contributed by atoms with E-state index in [2.05, 4.69) is 30.6 Å². The van der Waals surface area contributed by atoms with Gasteiger partial charge in [-0.05, 0) is 35.6 Å². The highest BCUT2D eigenvalue weighted by atomic mass is 32.2. The lowest BCUT2D eigenvalue weighted by Gasteiger charge is -2.11. The van der Waals surface area contributed by atoms with Crippen LogP contribution >= 0.6 is 11.8 Å². The molecule has 0 heterocycles. The van der Waals surface area contributed by atoms with Gasteiger partial charge in [-0.1, -0.05) is 31.2 Å². The summed E-state index contributed by atoms with van der Waals surface area (Å²) in [5, 5.41) is 12.4. The summed E-state index contributed by atoms with van der Waals surface area (Å²) in [6.45, 7) is 4.35. The summed E-state index contributed by atoms with van der Waals surface area (Å²) in [7, 11) is 0. The first-order chi connectivity index (χ1) is 7.76. The molecule has 2 N–H and O–H groups in total. The highest BCUT2D eigenvalue weighted by Crippen LogP contribution is 2.05. The van der Waals surface area contributed by atoms with E-state index in [0.717, 1.165) is 18.7 Å². The van der Waals surface area contributed by atoms with Crippen LogP contribution in [0.2, 0.25) is 0 Å². The highest BCUT2D eigenvalue weighted by molar-refractivity contribution is 7.98. The maximum Gasteiger partial charge on any atom is 0.0681 e. The summed E-state index contributed by atoms with van der Waals surface area (Å²) in [6, 6.07) is 8.08. The first kappa shape index (κ1) is 13.6. The predicted octanol–water partition coefficient (Wildman–Crippen LogP) is 2.27. The zero-order valence-corrected chi connectivity index (χ0v) is 10.9. The van der Waals surface area contributed by atoms with Crippen molar-refractivity contribution in [1.82, 2.24) is 5.32 Å². The Bertz CT molecular complexity index is 286. The summed E-state index contributed by atoms with van der Waals surface area (Å²) < 4.78 is 0. The zero-order valence-electron chi connectivity index (χ0n) is 10.1. The Labute approximate surface area is 102 Å². The summed E-state index contributed by atoms with van der Waals surface area (Å²) in [5.74, 6) is 1.92. The Morgan fingerprint density at radius 3 is 2.44 bits per heavy atom. The number of aliphatic hydroxyl groups is 1. The molecule has 0 saturated heterocycles. The molecule has 1 aromatic carbocycles. The average Bonchev–Trinajstić information content (AvgIpc) is 2.30. The molecule has 1 atom stereocenters. The van der Waals surface area contributed by atoms with Crippen LogP contribution in [0.15, 0.2) is 24.3 Å². The van der Waals surface area contributed by atoms with Crippen LogP contribution in [0.3, 0.4) is 0 Å². The van der Waals surface area contributed by atoms with Gasteiger partial charge in [0.15, 0.2) is 0 Å². The molecule has 3 heteroatoms. The van der Waals surface area contributed by atoms with Crippen LogP contribution in [-0.4, -0.2) is 23.7 Å². The molecule has 1 unspecified atom stereocenters. The second-order valence-corrected chi connectivity index (χ2v) is 5.08. The van der Waals surface area contributed by atoms with Gasteiger partial charge in [-0.2, -0.15) is 11.8 Å². The van der Waals surface area contributed by atoms with Gasteiger partial charge in [0.25, 0.3) is 0 Å². The minimum Gasteiger partial charge on any atom is -0.392 e. The molecule has 0 aliphatic carbocycles. The van der Waals surface area contributed by atoms with Gasteiger partial charge in [-0.3, -0.25) is 0 Å². The standard InChI is InChI=1S/C13H21NOS/c1-11(10-16-2)7-14-8-12-3-5-13(9-15)6-4-12/h3-6,11,14-15H,7-10H2,1-2H3. The van der Waals surface area contributed by atoms with E-state index in [1.807, 2.05) is 23.9 Å². The number of hydrogen-bond donors (Lipinski definition) is 2. The third-order valence-corrected chi connectivity index (χ3v) is 3.38. The lowest BCUT2D eigenvalue weighted by Crippen LogP contribution is -2.21. The molecule has 1 aromatic rings. The Hall–Kier alpha value is -0.510. The van der Waals surface area contributed by atoms with E-state index >= 15 is 0 Å². The molecule has 0 saturated carbocycles. The van der Waals surface area contributed by atoms with Crippen molar-refractivity contribution in [2.45, 2.75) is 20.1 Å². The molecule has 16 heavy (non-hydrogen) atoms. The number of rotatable bonds is 7. The molecule has 0 radical (unpaired) electrons. The van der Waals surface area contributed by atoms with Crippen LogP contribution in [0.25, 0.3) is 0 Å². The van der Waals surface area contributed by atoms with Crippen molar-refractivity contribution < 1.29 is 5.11 Å². The number of benzene rings is 1. The summed E-state index contributed by atoms with van der Waals surface area (Å²) in [6.07, 6.45) is 2.14. The largest absolute Gasteiger partial charge is 0.392 e. The predicted molar refractivity (Wildman–Crippen MR) is 71.6 cm³/mol. The highest BCUT2D eigenvalue weighted by Gasteiger charge is 2.00. The number of nitrogens with one attached hydrogen (secondary N) is 1. The molecule has 2 nitrogen and oxygen atoms in total. The van der Waals surface area contributed by atoms with Crippen LogP contribution in [0.5, 0.6) is 0 Å². The SMILES string of the molecule is CSCC(C)CNCc1ccc(CO)cc1. The number of thioether (sulfide) groups is 1. The van der Waals surface area contributed by atoms with Crippen molar-refractivity contribution >= 4 is 11.8 Å². The normalized spacial score (nSPS) is 12.7. The van der Waals surface area contributed by atoms with E-state index < -0.39 is 0 Å². The third kappa shape index (κ3) is 5.01. The Kier molecular flexibility index (Phi) is 6.53. The van der Waals surface area contributed by atoms with Gasteiger partial charge in [0.1, 0.15) is 0 Å². The van der Waals surface area contributed by atoms with Gasteiger partial charge >= 0.3 is 0 Å². The molecule has 0 aliphatic heterocycles. The molecular weight excluding hydrogens is 218 g/mol. The first-order valence-corrected chi connectivity index (χ1v) is 7.04. The molecule has 0 fully saturated rings. The van der Waals surface area contributed by atoms with Crippen LogP contribution in [0.4, 0.5) is 0 Å². The fourth-order valence-electron chi connectivity index (χ4n) is 1.57. The van der Waals surface area contributed by atoms with E-state index in [9.17, 15) is 0 Å². The van der Waals surface area contributed by atoms with Gasteiger partial charge in [-0.25, -0.2) is 0 Å². The van der Waals surface area contributed by atoms with Crippen LogP contribution in [0.1, 0.15) is 18.1 Å². The van der Waals surface area contributed by atoms with Gasteiger partial charge in [0.2, 0.25) is 0 Å². The molecule has 0 aromatic heterocycles. The fourth-order valence-corrected chi connectivity index (χ4v) is 2.26. The molecule has 0 aliphatic rings. The van der Waals surface area contributed by atoms with Crippen LogP contribution < -0.4 is 5.32 Å². The lowest BCUT2D eigenvalue weighted by atomic mass is 10.1. The smallest absolute Gasteiger partial charge is 0.0681 e. The molecule has 0 spiro atoms. The second kappa shape index (κ2) is 7.71. The minimum atomic E-state index is 0.123. The first-order valence-electron chi connectivity index (χ1n) is 5.64. The lowest BCUT2D eigenvalue weighted by molar-refractivity contribution is 0.282. The zero-order chi connectivity index (χ0) is 11.8. The van der Waals surface area contributed by atoms with E-state index in [-0.39, 0.29) is 6.61 Å². The van der Waals surface area contributed by atoms with Crippen molar-refractivity contribution in [1.29, 1.82) is 0 Å². The van der Waals surface area contributed by atoms with Crippen molar-refractivity contribution in [2.24, 2.45) is 5.92 Å². The Morgan fingerprint density at radius 1 is 1.25 bits per heavy atom. The molecular formula is C13H21NOS. The third-order valence-electron chi connectivity index (χ3n) is 2.48. The minimum absolute atomic E-state index is 0.123. The van der Waals surface area contributed by atoms with Gasteiger partial charge in [-0.15, -0.1) is 0 Å². The second-order valence-electron chi connectivity index (χ2n) is 4.17. The Morgan fingerprint density at radius 2 is 1.88 bits per heavy atom. The van der Waals surface area contributed by atoms with Crippen LogP contribution in [0, 0.1) is 5.92 Å². The quantitative estimate of drug-likeness (QED) is 0.765. The van der Waals surface area contributed by atoms with E-state index in [1.165, 1.54) is 11.3 Å². The molecule has 0 amide bonds. The van der Waals surface area contributed by atoms with E-state index in [0.29, 0.717) is 5.92 Å². The summed E-state index contributed by atoms with van der Waals surface area (Å²) >= 11 is 1.89. The summed E-state index contributed by atoms with van der Waals surface area (Å²) in [5.41, 5.74) is 2.24. The fraction of sp³-hybridized carbons (Fsp3) is 0.538. The topological polar surface area (TPSA) is 32.3 Å². The van der Waals surface area contributed by atoms with E-state index in [4.69, 9.17) is 5.11 Å². The molecule has 0 bridgehead atoms. The van der Waals surface area contributed by atoms with Crippen LogP contribution in [-0.2, 0) is 13.2 Å². The van der Waals surface area contributed by atoms with Gasteiger partial charge in [0.05, 0.1) is 6.61 Å². The maximum atomic E-state index is 8.92. The summed E-state index contributed by atoms with van der Waals surface area (Å²) in [4.78, 5) is 0.